The third kappa shape index (κ3) is 3.72. The molecule has 100 valence electrons. The van der Waals surface area contributed by atoms with Crippen LogP contribution in [0.3, 0.4) is 0 Å². The van der Waals surface area contributed by atoms with Crippen molar-refractivity contribution < 1.29 is 4.79 Å². The Hall–Kier alpha value is -1.06. The number of anilines is 1. The highest BCUT2D eigenvalue weighted by Crippen LogP contribution is 2.20. The lowest BCUT2D eigenvalue weighted by atomic mass is 9.92. The van der Waals surface area contributed by atoms with Gasteiger partial charge in [-0.15, -0.1) is 12.4 Å². The molecule has 0 aliphatic carbocycles. The summed E-state index contributed by atoms with van der Waals surface area (Å²) in [5, 5.41) is 6.40. The number of carbonyl (C=O) groups excluding carboxylic acids is 1. The van der Waals surface area contributed by atoms with Gasteiger partial charge < -0.3 is 10.6 Å². The molecule has 0 bridgehead atoms. The van der Waals surface area contributed by atoms with Crippen LogP contribution in [0.25, 0.3) is 0 Å². The summed E-state index contributed by atoms with van der Waals surface area (Å²) in [5.41, 5.74) is 2.05. The zero-order valence-electron chi connectivity index (χ0n) is 10.9. The summed E-state index contributed by atoms with van der Waals surface area (Å²) in [7, 11) is 0. The molecule has 1 aliphatic rings. The SMILES string of the molecule is Cc1ccccc1NC(=O)[C@H]1CCN[C@@H](C)C1.Cl. The minimum atomic E-state index is 0. The minimum Gasteiger partial charge on any atom is -0.326 e. The lowest BCUT2D eigenvalue weighted by Crippen LogP contribution is -2.40. The number of halogens is 1. The molecule has 1 fully saturated rings. The van der Waals surface area contributed by atoms with Gasteiger partial charge in [-0.05, 0) is 44.9 Å². The third-order valence-corrected chi connectivity index (χ3v) is 3.40. The van der Waals surface area contributed by atoms with Gasteiger partial charge in [0.2, 0.25) is 5.91 Å². The monoisotopic (exact) mass is 268 g/mol. The van der Waals surface area contributed by atoms with E-state index in [9.17, 15) is 4.79 Å². The lowest BCUT2D eigenvalue weighted by molar-refractivity contribution is -0.120. The quantitative estimate of drug-likeness (QED) is 0.866. The Morgan fingerprint density at radius 2 is 2.11 bits per heavy atom. The number of piperidine rings is 1. The van der Waals surface area contributed by atoms with E-state index in [0.29, 0.717) is 6.04 Å². The number of benzene rings is 1. The molecule has 0 aromatic heterocycles. The molecule has 0 saturated carbocycles. The maximum atomic E-state index is 12.1. The van der Waals surface area contributed by atoms with Crippen molar-refractivity contribution >= 4 is 24.0 Å². The maximum absolute atomic E-state index is 12.1. The number of hydrogen-bond donors (Lipinski definition) is 2. The van der Waals surface area contributed by atoms with Crippen LogP contribution in [0.5, 0.6) is 0 Å². The average molecular weight is 269 g/mol. The molecule has 18 heavy (non-hydrogen) atoms. The van der Waals surface area contributed by atoms with E-state index >= 15 is 0 Å². The number of rotatable bonds is 2. The predicted molar refractivity (Wildman–Crippen MR) is 77.2 cm³/mol. The predicted octanol–water partition coefficient (Wildman–Crippen LogP) is 2.74. The first-order valence-electron chi connectivity index (χ1n) is 6.26. The summed E-state index contributed by atoms with van der Waals surface area (Å²) in [4.78, 5) is 12.1. The summed E-state index contributed by atoms with van der Waals surface area (Å²) < 4.78 is 0. The largest absolute Gasteiger partial charge is 0.326 e. The zero-order valence-corrected chi connectivity index (χ0v) is 11.7. The average Bonchev–Trinajstić information content (AvgIpc) is 2.32. The molecule has 1 aromatic rings. The van der Waals surface area contributed by atoms with Crippen LogP contribution in [0.2, 0.25) is 0 Å². The van der Waals surface area contributed by atoms with E-state index in [1.165, 1.54) is 0 Å². The van der Waals surface area contributed by atoms with Gasteiger partial charge in [-0.25, -0.2) is 0 Å². The van der Waals surface area contributed by atoms with Gasteiger partial charge in [0.1, 0.15) is 0 Å². The second-order valence-electron chi connectivity index (χ2n) is 4.88. The van der Waals surface area contributed by atoms with Crippen LogP contribution >= 0.6 is 12.4 Å². The number of para-hydroxylation sites is 1. The van der Waals surface area contributed by atoms with Crippen molar-refractivity contribution in [3.8, 4) is 0 Å². The fourth-order valence-electron chi connectivity index (χ4n) is 2.32. The van der Waals surface area contributed by atoms with Gasteiger partial charge in [-0.2, -0.15) is 0 Å². The Morgan fingerprint density at radius 3 is 2.78 bits per heavy atom. The number of carbonyl (C=O) groups is 1. The molecule has 3 nitrogen and oxygen atoms in total. The van der Waals surface area contributed by atoms with Gasteiger partial charge in [0, 0.05) is 17.6 Å². The summed E-state index contributed by atoms with van der Waals surface area (Å²) >= 11 is 0. The van der Waals surface area contributed by atoms with Gasteiger partial charge >= 0.3 is 0 Å². The third-order valence-electron chi connectivity index (χ3n) is 3.40. The van der Waals surface area contributed by atoms with Crippen LogP contribution in [-0.4, -0.2) is 18.5 Å². The summed E-state index contributed by atoms with van der Waals surface area (Å²) in [6.45, 7) is 5.08. The normalized spacial score (nSPS) is 23.0. The highest BCUT2D eigenvalue weighted by molar-refractivity contribution is 5.93. The maximum Gasteiger partial charge on any atom is 0.227 e. The highest BCUT2D eigenvalue weighted by atomic mass is 35.5. The molecule has 4 heteroatoms. The van der Waals surface area contributed by atoms with Gasteiger partial charge in [-0.3, -0.25) is 4.79 Å². The molecule has 1 amide bonds. The van der Waals surface area contributed by atoms with Crippen molar-refractivity contribution in [3.05, 3.63) is 29.8 Å². The Morgan fingerprint density at radius 1 is 1.39 bits per heavy atom. The minimum absolute atomic E-state index is 0. The molecule has 1 aromatic carbocycles. The highest BCUT2D eigenvalue weighted by Gasteiger charge is 2.24. The first-order chi connectivity index (χ1) is 8.16. The van der Waals surface area contributed by atoms with Crippen molar-refractivity contribution in [2.24, 2.45) is 5.92 Å². The lowest BCUT2D eigenvalue weighted by Gasteiger charge is -2.27. The fourth-order valence-corrected chi connectivity index (χ4v) is 2.32. The second kappa shape index (κ2) is 6.76. The van der Waals surface area contributed by atoms with E-state index in [-0.39, 0.29) is 24.2 Å². The first-order valence-corrected chi connectivity index (χ1v) is 6.26. The topological polar surface area (TPSA) is 41.1 Å². The summed E-state index contributed by atoms with van der Waals surface area (Å²) in [6.07, 6.45) is 1.86. The van der Waals surface area contributed by atoms with Crippen LogP contribution in [0, 0.1) is 12.8 Å². The van der Waals surface area contributed by atoms with E-state index in [0.717, 1.165) is 30.6 Å². The van der Waals surface area contributed by atoms with Gasteiger partial charge in [0.25, 0.3) is 0 Å². The van der Waals surface area contributed by atoms with Crippen molar-refractivity contribution in [2.45, 2.75) is 32.7 Å². The number of hydrogen-bond acceptors (Lipinski definition) is 2. The molecular weight excluding hydrogens is 248 g/mol. The number of amides is 1. The second-order valence-corrected chi connectivity index (χ2v) is 4.88. The molecular formula is C14H21ClN2O. The molecule has 1 aliphatic heterocycles. The molecule has 2 atom stereocenters. The summed E-state index contributed by atoms with van der Waals surface area (Å²) in [5.74, 6) is 0.304. The summed E-state index contributed by atoms with van der Waals surface area (Å²) in [6, 6.07) is 8.35. The zero-order chi connectivity index (χ0) is 12.3. The molecule has 0 unspecified atom stereocenters. The van der Waals surface area contributed by atoms with Crippen LogP contribution < -0.4 is 10.6 Å². The number of aryl methyl sites for hydroxylation is 1. The van der Waals surface area contributed by atoms with Crippen molar-refractivity contribution in [3.63, 3.8) is 0 Å². The molecule has 0 spiro atoms. The van der Waals surface area contributed by atoms with E-state index in [2.05, 4.69) is 17.6 Å². The molecule has 2 rings (SSSR count). The standard InChI is InChI=1S/C14H20N2O.ClH/c1-10-5-3-4-6-13(10)16-14(17)12-7-8-15-11(2)9-12;/h3-6,11-12,15H,7-9H2,1-2H3,(H,16,17);1H/t11-,12-;/m0./s1. The van der Waals surface area contributed by atoms with Gasteiger partial charge in [0.15, 0.2) is 0 Å². The van der Waals surface area contributed by atoms with E-state index in [4.69, 9.17) is 0 Å². The fraction of sp³-hybridized carbons (Fsp3) is 0.500. The van der Waals surface area contributed by atoms with E-state index in [1.54, 1.807) is 0 Å². The van der Waals surface area contributed by atoms with Crippen LogP contribution in [0.1, 0.15) is 25.3 Å². The molecule has 1 saturated heterocycles. The Labute approximate surface area is 115 Å². The molecule has 2 N–H and O–H groups in total. The van der Waals surface area contributed by atoms with Crippen molar-refractivity contribution in [1.29, 1.82) is 0 Å². The van der Waals surface area contributed by atoms with Crippen molar-refractivity contribution in [2.75, 3.05) is 11.9 Å². The van der Waals surface area contributed by atoms with Gasteiger partial charge in [0.05, 0.1) is 0 Å². The van der Waals surface area contributed by atoms with E-state index < -0.39 is 0 Å². The number of nitrogens with one attached hydrogen (secondary N) is 2. The van der Waals surface area contributed by atoms with Crippen LogP contribution in [-0.2, 0) is 4.79 Å². The molecule has 0 radical (unpaired) electrons. The Bertz CT molecular complexity index is 409. The molecule has 1 heterocycles. The van der Waals surface area contributed by atoms with Crippen LogP contribution in [0.15, 0.2) is 24.3 Å². The van der Waals surface area contributed by atoms with Crippen LogP contribution in [0.4, 0.5) is 5.69 Å². The Balaban J connectivity index is 0.00000162. The van der Waals surface area contributed by atoms with E-state index in [1.807, 2.05) is 31.2 Å². The first kappa shape index (κ1) is 15.0. The van der Waals surface area contributed by atoms with Gasteiger partial charge in [-0.1, -0.05) is 18.2 Å². The Kier molecular flexibility index (Phi) is 5.63. The van der Waals surface area contributed by atoms with Crippen molar-refractivity contribution in [1.82, 2.24) is 5.32 Å². The smallest absolute Gasteiger partial charge is 0.227 e.